The molecule has 0 aliphatic carbocycles. The number of benzene rings is 1. The van der Waals surface area contributed by atoms with E-state index in [0.717, 1.165) is 31.5 Å². The molecule has 0 spiro atoms. The first-order valence-corrected chi connectivity index (χ1v) is 9.09. The molecular formula is C16H18ClN3O2S. The summed E-state index contributed by atoms with van der Waals surface area (Å²) in [5.74, 6) is 1.33. The molecule has 3 rings (SSSR count). The van der Waals surface area contributed by atoms with E-state index in [-0.39, 0.29) is 5.91 Å². The molecular weight excluding hydrogens is 334 g/mol. The Bertz CT molecular complexity index is 654. The quantitative estimate of drug-likeness (QED) is 0.765. The first kappa shape index (κ1) is 16.3. The molecule has 2 aromatic rings. The largest absolute Gasteiger partial charge is 0.411 e. The Morgan fingerprint density at radius 2 is 1.91 bits per heavy atom. The fraction of sp³-hybridized carbons (Fsp3) is 0.438. The van der Waals surface area contributed by atoms with Gasteiger partial charge in [-0.15, -0.1) is 10.2 Å². The molecule has 0 unspecified atom stereocenters. The van der Waals surface area contributed by atoms with Crippen LogP contribution in [0.15, 0.2) is 33.9 Å². The highest BCUT2D eigenvalue weighted by Gasteiger charge is 2.16. The third-order valence-electron chi connectivity index (χ3n) is 3.75. The molecule has 1 aromatic carbocycles. The number of likely N-dealkylation sites (tertiary alicyclic amines) is 1. The van der Waals surface area contributed by atoms with Crippen molar-refractivity contribution >= 4 is 29.3 Å². The number of aromatic nitrogens is 2. The average molecular weight is 352 g/mol. The van der Waals surface area contributed by atoms with Crippen LogP contribution >= 0.6 is 23.4 Å². The molecule has 5 nitrogen and oxygen atoms in total. The minimum absolute atomic E-state index is 0.217. The topological polar surface area (TPSA) is 59.2 Å². The molecule has 1 aromatic heterocycles. The maximum atomic E-state index is 12.1. The lowest BCUT2D eigenvalue weighted by Crippen LogP contribution is -2.35. The molecule has 1 saturated heterocycles. The average Bonchev–Trinajstić information content (AvgIpc) is 3.05. The molecule has 1 aliphatic rings. The summed E-state index contributed by atoms with van der Waals surface area (Å²) in [4.78, 5) is 14.0. The van der Waals surface area contributed by atoms with Crippen molar-refractivity contribution in [2.24, 2.45) is 0 Å². The molecule has 1 aliphatic heterocycles. The second-order valence-corrected chi connectivity index (χ2v) is 6.90. The molecule has 122 valence electrons. The van der Waals surface area contributed by atoms with Gasteiger partial charge in [0.2, 0.25) is 11.8 Å². The van der Waals surface area contributed by atoms with Crippen LogP contribution in [0.2, 0.25) is 5.02 Å². The number of halogens is 1. The van der Waals surface area contributed by atoms with Gasteiger partial charge in [-0.3, -0.25) is 4.79 Å². The maximum absolute atomic E-state index is 12.1. The van der Waals surface area contributed by atoms with E-state index in [0.29, 0.717) is 28.3 Å². The van der Waals surface area contributed by atoms with Crippen molar-refractivity contribution in [1.29, 1.82) is 0 Å². The first-order valence-electron chi connectivity index (χ1n) is 7.72. The summed E-state index contributed by atoms with van der Waals surface area (Å²) in [6.45, 7) is 1.79. The molecule has 1 amide bonds. The summed E-state index contributed by atoms with van der Waals surface area (Å²) in [6, 6.07) is 7.24. The van der Waals surface area contributed by atoms with Crippen molar-refractivity contribution in [3.05, 3.63) is 29.3 Å². The van der Waals surface area contributed by atoms with Crippen molar-refractivity contribution < 1.29 is 9.21 Å². The number of nitrogens with zero attached hydrogens (tertiary/aromatic N) is 3. The lowest BCUT2D eigenvalue weighted by molar-refractivity contribution is -0.131. The van der Waals surface area contributed by atoms with Crippen LogP contribution < -0.4 is 0 Å². The van der Waals surface area contributed by atoms with Gasteiger partial charge in [0, 0.05) is 35.8 Å². The first-order chi connectivity index (χ1) is 11.2. The van der Waals surface area contributed by atoms with Crippen LogP contribution in [0.3, 0.4) is 0 Å². The molecule has 23 heavy (non-hydrogen) atoms. The highest BCUT2D eigenvalue weighted by atomic mass is 35.5. The zero-order valence-electron chi connectivity index (χ0n) is 12.7. The van der Waals surface area contributed by atoms with E-state index >= 15 is 0 Å². The van der Waals surface area contributed by atoms with Crippen molar-refractivity contribution in [1.82, 2.24) is 15.1 Å². The second-order valence-electron chi connectivity index (χ2n) is 5.42. The number of thioether (sulfide) groups is 1. The molecule has 0 bridgehead atoms. The van der Waals surface area contributed by atoms with E-state index in [4.69, 9.17) is 16.0 Å². The van der Waals surface area contributed by atoms with Crippen molar-refractivity contribution in [3.63, 3.8) is 0 Å². The third-order valence-corrected chi connectivity index (χ3v) is 4.82. The molecule has 7 heteroatoms. The number of rotatable bonds is 5. The molecule has 2 heterocycles. The van der Waals surface area contributed by atoms with Gasteiger partial charge in [0.05, 0.1) is 0 Å². The van der Waals surface area contributed by atoms with E-state index in [1.807, 2.05) is 17.0 Å². The predicted octanol–water partition coefficient (Wildman–Crippen LogP) is 3.88. The van der Waals surface area contributed by atoms with Gasteiger partial charge in [-0.2, -0.15) is 0 Å². The van der Waals surface area contributed by atoms with Crippen LogP contribution in [0.1, 0.15) is 25.7 Å². The normalized spacial score (nSPS) is 14.9. The minimum atomic E-state index is 0.217. The maximum Gasteiger partial charge on any atom is 0.276 e. The summed E-state index contributed by atoms with van der Waals surface area (Å²) < 4.78 is 5.61. The Morgan fingerprint density at radius 3 is 2.65 bits per heavy atom. The van der Waals surface area contributed by atoms with Gasteiger partial charge in [0.15, 0.2) is 0 Å². The Hall–Kier alpha value is -1.53. The van der Waals surface area contributed by atoms with Crippen molar-refractivity contribution in [3.8, 4) is 11.5 Å². The van der Waals surface area contributed by atoms with E-state index in [2.05, 4.69) is 10.2 Å². The van der Waals surface area contributed by atoms with E-state index in [1.165, 1.54) is 18.2 Å². The fourth-order valence-electron chi connectivity index (χ4n) is 2.50. The number of hydrogen-bond donors (Lipinski definition) is 0. The minimum Gasteiger partial charge on any atom is -0.411 e. The predicted molar refractivity (Wildman–Crippen MR) is 90.5 cm³/mol. The van der Waals surface area contributed by atoms with Crippen molar-refractivity contribution in [2.45, 2.75) is 30.9 Å². The number of carbonyl (C=O) groups is 1. The van der Waals surface area contributed by atoms with Crippen LogP contribution in [-0.4, -0.2) is 39.8 Å². The van der Waals surface area contributed by atoms with Gasteiger partial charge in [-0.25, -0.2) is 0 Å². The molecule has 0 N–H and O–H groups in total. The van der Waals surface area contributed by atoms with Gasteiger partial charge in [-0.05, 0) is 43.5 Å². The highest BCUT2D eigenvalue weighted by molar-refractivity contribution is 7.99. The van der Waals surface area contributed by atoms with Crippen LogP contribution in [0, 0.1) is 0 Å². The lowest BCUT2D eigenvalue weighted by Gasteiger charge is -2.26. The summed E-state index contributed by atoms with van der Waals surface area (Å²) in [5, 5.41) is 9.19. The van der Waals surface area contributed by atoms with E-state index in [1.54, 1.807) is 12.1 Å². The molecule has 0 atom stereocenters. The smallest absolute Gasteiger partial charge is 0.276 e. The van der Waals surface area contributed by atoms with Crippen LogP contribution in [-0.2, 0) is 4.79 Å². The van der Waals surface area contributed by atoms with E-state index in [9.17, 15) is 4.79 Å². The standard InChI is InChI=1S/C16H18ClN3O2S/c17-13-6-4-12(5-7-13)15-18-19-16(22-15)23-11-8-14(21)20-9-2-1-3-10-20/h4-7H,1-3,8-11H2. The highest BCUT2D eigenvalue weighted by Crippen LogP contribution is 2.25. The Morgan fingerprint density at radius 1 is 1.17 bits per heavy atom. The molecule has 1 fully saturated rings. The lowest BCUT2D eigenvalue weighted by atomic mass is 10.1. The second kappa shape index (κ2) is 7.84. The Balaban J connectivity index is 1.49. The number of amides is 1. The molecule has 0 radical (unpaired) electrons. The van der Waals surface area contributed by atoms with Crippen LogP contribution in [0.4, 0.5) is 0 Å². The van der Waals surface area contributed by atoms with Gasteiger partial charge in [0.25, 0.3) is 5.22 Å². The van der Waals surface area contributed by atoms with Gasteiger partial charge in [-0.1, -0.05) is 23.4 Å². The number of piperidine rings is 1. The van der Waals surface area contributed by atoms with Crippen LogP contribution in [0.5, 0.6) is 0 Å². The van der Waals surface area contributed by atoms with E-state index < -0.39 is 0 Å². The summed E-state index contributed by atoms with van der Waals surface area (Å²) >= 11 is 7.28. The van der Waals surface area contributed by atoms with Gasteiger partial charge < -0.3 is 9.32 Å². The van der Waals surface area contributed by atoms with Crippen LogP contribution in [0.25, 0.3) is 11.5 Å². The Labute approximate surface area is 144 Å². The zero-order valence-corrected chi connectivity index (χ0v) is 14.3. The number of carbonyl (C=O) groups excluding carboxylic acids is 1. The summed E-state index contributed by atoms with van der Waals surface area (Å²) in [5.41, 5.74) is 0.832. The van der Waals surface area contributed by atoms with Gasteiger partial charge >= 0.3 is 0 Å². The summed E-state index contributed by atoms with van der Waals surface area (Å²) in [7, 11) is 0. The Kier molecular flexibility index (Phi) is 5.56. The zero-order chi connectivity index (χ0) is 16.1. The summed E-state index contributed by atoms with van der Waals surface area (Å²) in [6.07, 6.45) is 3.97. The third kappa shape index (κ3) is 4.48. The van der Waals surface area contributed by atoms with Crippen molar-refractivity contribution in [2.75, 3.05) is 18.8 Å². The monoisotopic (exact) mass is 351 g/mol. The SMILES string of the molecule is O=C(CCSc1nnc(-c2ccc(Cl)cc2)o1)N1CCCCC1. The number of hydrogen-bond acceptors (Lipinski definition) is 5. The van der Waals surface area contributed by atoms with Gasteiger partial charge in [0.1, 0.15) is 0 Å². The fourth-order valence-corrected chi connectivity index (χ4v) is 3.32. The molecule has 0 saturated carbocycles.